The standard InChI is InChI=1S/C28H39NO4S/c1-9-11-21(29-32-10-2)25-22(30)14-19(15-23(25)33-27(31)28(6,7)8)24-18(5)16(3)17(4)20-12-13-34-26(20)24/h19H,9-15H2,1-8H3. The van der Waals surface area contributed by atoms with E-state index in [-0.39, 0.29) is 17.7 Å². The normalized spacial score (nSPS) is 18.9. The Bertz CT molecular complexity index is 1050. The zero-order valence-corrected chi connectivity index (χ0v) is 22.8. The molecule has 0 bridgehead atoms. The summed E-state index contributed by atoms with van der Waals surface area (Å²) in [7, 11) is 0. The van der Waals surface area contributed by atoms with Crippen molar-refractivity contribution in [1.29, 1.82) is 0 Å². The summed E-state index contributed by atoms with van der Waals surface area (Å²) >= 11 is 1.89. The van der Waals surface area contributed by atoms with Gasteiger partial charge in [-0.1, -0.05) is 18.5 Å². The predicted molar refractivity (Wildman–Crippen MR) is 139 cm³/mol. The number of oxime groups is 1. The van der Waals surface area contributed by atoms with E-state index < -0.39 is 5.41 Å². The van der Waals surface area contributed by atoms with E-state index in [1.54, 1.807) is 0 Å². The van der Waals surface area contributed by atoms with Crippen LogP contribution >= 0.6 is 11.8 Å². The molecule has 0 saturated heterocycles. The average molecular weight is 486 g/mol. The van der Waals surface area contributed by atoms with Crippen molar-refractivity contribution in [3.05, 3.63) is 39.1 Å². The molecule has 1 aliphatic carbocycles. The largest absolute Gasteiger partial charge is 0.430 e. The molecule has 5 nitrogen and oxygen atoms in total. The van der Waals surface area contributed by atoms with Gasteiger partial charge >= 0.3 is 5.97 Å². The Morgan fingerprint density at radius 2 is 1.79 bits per heavy atom. The minimum absolute atomic E-state index is 0.0192. The first-order chi connectivity index (χ1) is 16.0. The van der Waals surface area contributed by atoms with Gasteiger partial charge in [0.25, 0.3) is 0 Å². The number of thioether (sulfide) groups is 1. The SMILES string of the molecule is CCCC(=NOCC)C1=C(OC(=O)C(C)(C)C)CC(c2c(C)c(C)c(C)c3c2SCC3)CC1=O. The van der Waals surface area contributed by atoms with E-state index in [0.29, 0.717) is 42.9 Å². The quantitative estimate of drug-likeness (QED) is 0.243. The van der Waals surface area contributed by atoms with Crippen LogP contribution in [0.2, 0.25) is 0 Å². The summed E-state index contributed by atoms with van der Waals surface area (Å²) in [6.07, 6.45) is 3.36. The maximum atomic E-state index is 13.7. The van der Waals surface area contributed by atoms with Crippen LogP contribution in [-0.2, 0) is 25.6 Å². The van der Waals surface area contributed by atoms with E-state index >= 15 is 0 Å². The van der Waals surface area contributed by atoms with Crippen molar-refractivity contribution in [2.45, 2.75) is 98.3 Å². The highest BCUT2D eigenvalue weighted by Crippen LogP contribution is 2.47. The third kappa shape index (κ3) is 5.27. The van der Waals surface area contributed by atoms with Crippen LogP contribution in [-0.4, -0.2) is 29.8 Å². The summed E-state index contributed by atoms with van der Waals surface area (Å²) in [6.45, 7) is 16.4. The van der Waals surface area contributed by atoms with E-state index in [1.165, 1.54) is 32.7 Å². The topological polar surface area (TPSA) is 65.0 Å². The molecular weight excluding hydrogens is 446 g/mol. The zero-order valence-electron chi connectivity index (χ0n) is 22.0. The van der Waals surface area contributed by atoms with Crippen LogP contribution in [0.1, 0.15) is 94.0 Å². The first kappa shape index (κ1) is 26.5. The zero-order chi connectivity index (χ0) is 25.2. The molecule has 1 heterocycles. The minimum Gasteiger partial charge on any atom is -0.430 e. The Labute approximate surface area is 208 Å². The molecule has 1 aliphatic heterocycles. The van der Waals surface area contributed by atoms with Crippen LogP contribution in [0.5, 0.6) is 0 Å². The van der Waals surface area contributed by atoms with Crippen molar-refractivity contribution in [3.8, 4) is 0 Å². The van der Waals surface area contributed by atoms with Crippen LogP contribution < -0.4 is 0 Å². The smallest absolute Gasteiger partial charge is 0.316 e. The molecule has 1 aromatic rings. The van der Waals surface area contributed by atoms with Gasteiger partial charge in [-0.05, 0) is 95.0 Å². The van der Waals surface area contributed by atoms with Crippen molar-refractivity contribution in [2.75, 3.05) is 12.4 Å². The van der Waals surface area contributed by atoms with Crippen molar-refractivity contribution < 1.29 is 19.2 Å². The van der Waals surface area contributed by atoms with E-state index in [0.717, 1.165) is 18.6 Å². The number of carbonyl (C=O) groups excluding carboxylic acids is 2. The second-order valence-corrected chi connectivity index (χ2v) is 11.5. The number of nitrogens with zero attached hydrogens (tertiary/aromatic N) is 1. The Kier molecular flexibility index (Phi) is 8.33. The Morgan fingerprint density at radius 1 is 1.09 bits per heavy atom. The third-order valence-corrected chi connectivity index (χ3v) is 8.00. The van der Waals surface area contributed by atoms with Gasteiger partial charge in [-0.2, -0.15) is 0 Å². The molecule has 0 amide bonds. The fourth-order valence-electron chi connectivity index (χ4n) is 4.78. The van der Waals surface area contributed by atoms with E-state index in [9.17, 15) is 9.59 Å². The maximum Gasteiger partial charge on any atom is 0.316 e. The number of fused-ring (bicyclic) bond motifs is 1. The van der Waals surface area contributed by atoms with Crippen LogP contribution in [0.4, 0.5) is 0 Å². The van der Waals surface area contributed by atoms with Crippen LogP contribution in [0, 0.1) is 26.2 Å². The van der Waals surface area contributed by atoms with Gasteiger partial charge in [0.05, 0.1) is 16.7 Å². The number of hydrogen-bond donors (Lipinski definition) is 0. The molecular formula is C28H39NO4S. The lowest BCUT2D eigenvalue weighted by Gasteiger charge is -2.31. The van der Waals surface area contributed by atoms with Gasteiger partial charge in [-0.25, -0.2) is 0 Å². The molecule has 0 radical (unpaired) electrons. The van der Waals surface area contributed by atoms with Crippen molar-refractivity contribution in [3.63, 3.8) is 0 Å². The molecule has 0 fully saturated rings. The lowest BCUT2D eigenvalue weighted by atomic mass is 9.77. The molecule has 3 rings (SSSR count). The Morgan fingerprint density at radius 3 is 2.41 bits per heavy atom. The highest BCUT2D eigenvalue weighted by molar-refractivity contribution is 7.99. The number of ether oxygens (including phenoxy) is 1. The van der Waals surface area contributed by atoms with Crippen molar-refractivity contribution >= 4 is 29.2 Å². The molecule has 0 spiro atoms. The van der Waals surface area contributed by atoms with Crippen molar-refractivity contribution in [2.24, 2.45) is 10.6 Å². The van der Waals surface area contributed by atoms with Gasteiger partial charge in [0.2, 0.25) is 0 Å². The number of allylic oxidation sites excluding steroid dienone is 2. The number of Topliss-reactive ketones (excluding diaryl/α,β-unsaturated/α-hetero) is 1. The highest BCUT2D eigenvalue weighted by atomic mass is 32.2. The summed E-state index contributed by atoms with van der Waals surface area (Å²) < 4.78 is 5.99. The van der Waals surface area contributed by atoms with Crippen molar-refractivity contribution in [1.82, 2.24) is 0 Å². The first-order valence-electron chi connectivity index (χ1n) is 12.4. The summed E-state index contributed by atoms with van der Waals surface area (Å²) in [5.41, 5.74) is 6.95. The number of ketones is 1. The summed E-state index contributed by atoms with van der Waals surface area (Å²) in [5, 5.41) is 4.27. The first-order valence-corrected chi connectivity index (χ1v) is 13.4. The van der Waals surface area contributed by atoms with Crippen LogP contribution in [0.3, 0.4) is 0 Å². The molecule has 186 valence electrons. The van der Waals surface area contributed by atoms with Gasteiger partial charge in [-0.15, -0.1) is 11.8 Å². The average Bonchev–Trinajstić information content (AvgIpc) is 3.24. The number of benzene rings is 1. The van der Waals surface area contributed by atoms with Gasteiger partial charge in [0, 0.05) is 23.5 Å². The molecule has 0 saturated carbocycles. The van der Waals surface area contributed by atoms with E-state index in [1.807, 2.05) is 46.4 Å². The van der Waals surface area contributed by atoms with Gasteiger partial charge in [0.15, 0.2) is 5.78 Å². The summed E-state index contributed by atoms with van der Waals surface area (Å²) in [5.74, 6) is 1.14. The molecule has 1 atom stereocenters. The Balaban J connectivity index is 2.14. The van der Waals surface area contributed by atoms with Gasteiger partial charge in [0.1, 0.15) is 12.4 Å². The maximum absolute atomic E-state index is 13.7. The molecule has 0 N–H and O–H groups in total. The molecule has 1 unspecified atom stereocenters. The number of carbonyl (C=O) groups is 2. The fourth-order valence-corrected chi connectivity index (χ4v) is 6.20. The number of hydrogen-bond acceptors (Lipinski definition) is 6. The number of rotatable bonds is 7. The minimum atomic E-state index is -0.677. The van der Waals surface area contributed by atoms with Gasteiger partial charge in [-0.3, -0.25) is 9.59 Å². The van der Waals surface area contributed by atoms with E-state index in [4.69, 9.17) is 9.57 Å². The predicted octanol–water partition coefficient (Wildman–Crippen LogP) is 6.74. The van der Waals surface area contributed by atoms with Crippen LogP contribution in [0.15, 0.2) is 21.4 Å². The highest BCUT2D eigenvalue weighted by Gasteiger charge is 2.38. The molecule has 6 heteroatoms. The van der Waals surface area contributed by atoms with Crippen LogP contribution in [0.25, 0.3) is 0 Å². The Hall–Kier alpha value is -2.08. The van der Waals surface area contributed by atoms with Gasteiger partial charge < -0.3 is 9.57 Å². The summed E-state index contributed by atoms with van der Waals surface area (Å²) in [4.78, 5) is 33.3. The second kappa shape index (κ2) is 10.7. The lowest BCUT2D eigenvalue weighted by Crippen LogP contribution is -2.30. The molecule has 2 aliphatic rings. The van der Waals surface area contributed by atoms with E-state index in [2.05, 4.69) is 25.9 Å². The lowest BCUT2D eigenvalue weighted by molar-refractivity contribution is -0.149. The molecule has 34 heavy (non-hydrogen) atoms. The molecule has 0 aromatic heterocycles. The number of esters is 1. The second-order valence-electron chi connectivity index (χ2n) is 10.4. The summed E-state index contributed by atoms with van der Waals surface area (Å²) in [6, 6.07) is 0. The fraction of sp³-hybridized carbons (Fsp3) is 0.607. The third-order valence-electron chi connectivity index (χ3n) is 6.84. The monoisotopic (exact) mass is 485 g/mol. The molecule has 1 aromatic carbocycles.